The molecular weight excluding hydrogens is 332 g/mol. The van der Waals surface area contributed by atoms with Crippen molar-refractivity contribution < 1.29 is 9.90 Å². The van der Waals surface area contributed by atoms with Crippen LogP contribution in [-0.4, -0.2) is 17.5 Å². The third kappa shape index (κ3) is 3.22. The van der Waals surface area contributed by atoms with Crippen LogP contribution in [0.2, 0.25) is 0 Å². The number of carbonyl (C=O) groups is 1. The smallest absolute Gasteiger partial charge is 0.119 e. The zero-order chi connectivity index (χ0) is 19.2. The lowest BCUT2D eigenvalue weighted by Crippen LogP contribution is -2.54. The molecular formula is C25H42O2. The number of aldehydes is 1. The highest BCUT2D eigenvalue weighted by Crippen LogP contribution is 2.68. The Kier molecular flexibility index (Phi) is 5.51. The topological polar surface area (TPSA) is 37.3 Å². The van der Waals surface area contributed by atoms with E-state index in [1.807, 2.05) is 0 Å². The van der Waals surface area contributed by atoms with Crippen LogP contribution in [0.25, 0.3) is 0 Å². The van der Waals surface area contributed by atoms with Crippen molar-refractivity contribution in [2.24, 2.45) is 46.3 Å². The molecule has 0 amide bonds. The average Bonchev–Trinajstić information content (AvgIpc) is 3.00. The fourth-order valence-electron chi connectivity index (χ4n) is 8.94. The number of unbranched alkanes of at least 4 members (excludes halogenated alkanes) is 1. The molecule has 9 atom stereocenters. The summed E-state index contributed by atoms with van der Waals surface area (Å²) >= 11 is 0. The van der Waals surface area contributed by atoms with Crippen molar-refractivity contribution in [3.05, 3.63) is 0 Å². The summed E-state index contributed by atoms with van der Waals surface area (Å²) in [5.74, 6) is 5.19. The fraction of sp³-hybridized carbons (Fsp3) is 0.960. The van der Waals surface area contributed by atoms with Gasteiger partial charge in [0.2, 0.25) is 0 Å². The molecule has 0 bridgehead atoms. The van der Waals surface area contributed by atoms with Gasteiger partial charge in [-0.15, -0.1) is 0 Å². The fourth-order valence-corrected chi connectivity index (χ4v) is 8.94. The maximum atomic E-state index is 10.7. The van der Waals surface area contributed by atoms with Gasteiger partial charge in [0.1, 0.15) is 6.29 Å². The zero-order valence-electron chi connectivity index (χ0n) is 18.0. The van der Waals surface area contributed by atoms with Crippen molar-refractivity contribution in [2.75, 3.05) is 0 Å². The Morgan fingerprint density at radius 3 is 2.52 bits per heavy atom. The Bertz CT molecular complexity index is 544. The van der Waals surface area contributed by atoms with Gasteiger partial charge in [0.15, 0.2) is 0 Å². The van der Waals surface area contributed by atoms with Crippen molar-refractivity contribution in [3.8, 4) is 0 Å². The summed E-state index contributed by atoms with van der Waals surface area (Å²) in [7, 11) is 0. The molecule has 0 aromatic rings. The van der Waals surface area contributed by atoms with E-state index in [-0.39, 0.29) is 6.10 Å². The van der Waals surface area contributed by atoms with E-state index in [0.717, 1.165) is 67.5 Å². The van der Waals surface area contributed by atoms with Gasteiger partial charge in [-0.25, -0.2) is 0 Å². The molecule has 2 nitrogen and oxygen atoms in total. The molecule has 4 rings (SSSR count). The van der Waals surface area contributed by atoms with Crippen molar-refractivity contribution in [1.29, 1.82) is 0 Å². The van der Waals surface area contributed by atoms with Crippen LogP contribution in [0, 0.1) is 46.3 Å². The van der Waals surface area contributed by atoms with Crippen molar-refractivity contribution in [2.45, 2.75) is 104 Å². The van der Waals surface area contributed by atoms with E-state index in [2.05, 4.69) is 20.8 Å². The van der Waals surface area contributed by atoms with E-state index < -0.39 is 0 Å². The lowest BCUT2D eigenvalue weighted by molar-refractivity contribution is -0.129. The normalized spacial score (nSPS) is 50.4. The maximum Gasteiger partial charge on any atom is 0.119 e. The molecule has 27 heavy (non-hydrogen) atoms. The molecule has 0 aliphatic heterocycles. The van der Waals surface area contributed by atoms with Crippen LogP contribution < -0.4 is 0 Å². The average molecular weight is 375 g/mol. The number of aliphatic hydroxyl groups excluding tert-OH is 1. The first kappa shape index (κ1) is 19.9. The van der Waals surface area contributed by atoms with Gasteiger partial charge in [0.25, 0.3) is 0 Å². The summed E-state index contributed by atoms with van der Waals surface area (Å²) in [6.07, 6.45) is 16.0. The number of aliphatic hydroxyl groups is 1. The minimum absolute atomic E-state index is 0.0310. The van der Waals surface area contributed by atoms with Gasteiger partial charge in [-0.2, -0.15) is 0 Å². The van der Waals surface area contributed by atoms with Crippen molar-refractivity contribution in [1.82, 2.24) is 0 Å². The van der Waals surface area contributed by atoms with E-state index in [0.29, 0.717) is 10.8 Å². The van der Waals surface area contributed by atoms with Crippen LogP contribution in [0.1, 0.15) is 97.8 Å². The van der Waals surface area contributed by atoms with Crippen LogP contribution in [0.3, 0.4) is 0 Å². The molecule has 4 aliphatic carbocycles. The van der Waals surface area contributed by atoms with Crippen LogP contribution in [-0.2, 0) is 4.79 Å². The Morgan fingerprint density at radius 2 is 1.74 bits per heavy atom. The lowest BCUT2D eigenvalue weighted by Gasteiger charge is -2.61. The Labute approximate surface area is 166 Å². The largest absolute Gasteiger partial charge is 0.393 e. The highest BCUT2D eigenvalue weighted by Gasteiger charge is 2.60. The lowest BCUT2D eigenvalue weighted by atomic mass is 9.44. The van der Waals surface area contributed by atoms with Gasteiger partial charge < -0.3 is 9.90 Å². The molecule has 4 aliphatic rings. The predicted molar refractivity (Wildman–Crippen MR) is 110 cm³/mol. The number of hydrogen-bond donors (Lipinski definition) is 1. The molecule has 1 N–H and O–H groups in total. The summed E-state index contributed by atoms with van der Waals surface area (Å²) in [5, 5.41) is 10.2. The molecule has 0 saturated heterocycles. The summed E-state index contributed by atoms with van der Waals surface area (Å²) in [6, 6.07) is 0. The molecule has 4 fully saturated rings. The van der Waals surface area contributed by atoms with Gasteiger partial charge in [-0.1, -0.05) is 27.2 Å². The van der Waals surface area contributed by atoms with E-state index in [1.54, 1.807) is 0 Å². The monoisotopic (exact) mass is 374 g/mol. The standard InChI is InChI=1S/C25H42O2/c1-17(6-4-5-15-26)21-9-10-22-20-8-7-18-16-19(27)11-13-24(18,2)23(20)12-14-25(21,22)3/h15,17-23,27H,4-14,16H2,1-3H3/t17-,18+,19+,20+,21-,22+,23+,24+,25-/m1/s1. The first-order valence-corrected chi connectivity index (χ1v) is 12.0. The second-order valence-corrected chi connectivity index (χ2v) is 11.4. The third-order valence-electron chi connectivity index (χ3n) is 10.4. The molecule has 0 heterocycles. The summed E-state index contributed by atoms with van der Waals surface area (Å²) in [6.45, 7) is 7.70. The zero-order valence-corrected chi connectivity index (χ0v) is 18.0. The van der Waals surface area contributed by atoms with Gasteiger partial charge in [-0.05, 0) is 111 Å². The van der Waals surface area contributed by atoms with Crippen LogP contribution in [0.5, 0.6) is 0 Å². The number of fused-ring (bicyclic) bond motifs is 5. The van der Waals surface area contributed by atoms with Crippen LogP contribution in [0.4, 0.5) is 0 Å². The Balaban J connectivity index is 1.49. The molecule has 154 valence electrons. The molecule has 0 aromatic carbocycles. The number of hydrogen-bond acceptors (Lipinski definition) is 2. The summed E-state index contributed by atoms with van der Waals surface area (Å²) in [5.41, 5.74) is 1.04. The van der Waals surface area contributed by atoms with Crippen molar-refractivity contribution in [3.63, 3.8) is 0 Å². The Morgan fingerprint density at radius 1 is 1.00 bits per heavy atom. The summed E-state index contributed by atoms with van der Waals surface area (Å²) < 4.78 is 0. The van der Waals surface area contributed by atoms with Crippen LogP contribution >= 0.6 is 0 Å². The van der Waals surface area contributed by atoms with E-state index >= 15 is 0 Å². The highest BCUT2D eigenvalue weighted by atomic mass is 16.3. The van der Waals surface area contributed by atoms with Gasteiger partial charge in [0, 0.05) is 6.42 Å². The van der Waals surface area contributed by atoms with Crippen molar-refractivity contribution >= 4 is 6.29 Å². The SMILES string of the molecule is C[C@H](CCCC=O)[C@H]1CC[C@H]2[C@@H]3CC[C@H]4C[C@@H](O)CC[C@]4(C)[C@H]3CC[C@]12C. The molecule has 4 saturated carbocycles. The maximum absolute atomic E-state index is 10.7. The van der Waals surface area contributed by atoms with Gasteiger partial charge >= 0.3 is 0 Å². The van der Waals surface area contributed by atoms with E-state index in [4.69, 9.17) is 0 Å². The number of carbonyl (C=O) groups excluding carboxylic acids is 1. The molecule has 2 heteroatoms. The summed E-state index contributed by atoms with van der Waals surface area (Å²) in [4.78, 5) is 10.7. The Hall–Kier alpha value is -0.370. The third-order valence-corrected chi connectivity index (χ3v) is 10.4. The first-order chi connectivity index (χ1) is 12.9. The first-order valence-electron chi connectivity index (χ1n) is 12.0. The van der Waals surface area contributed by atoms with E-state index in [9.17, 15) is 9.90 Å². The minimum Gasteiger partial charge on any atom is -0.393 e. The minimum atomic E-state index is -0.0310. The molecule has 0 unspecified atom stereocenters. The molecule has 0 radical (unpaired) electrons. The van der Waals surface area contributed by atoms with Gasteiger partial charge in [-0.3, -0.25) is 0 Å². The quantitative estimate of drug-likeness (QED) is 0.472. The van der Waals surface area contributed by atoms with E-state index in [1.165, 1.54) is 51.4 Å². The highest BCUT2D eigenvalue weighted by molar-refractivity contribution is 5.48. The molecule has 0 aromatic heterocycles. The second-order valence-electron chi connectivity index (χ2n) is 11.4. The van der Waals surface area contributed by atoms with Gasteiger partial charge in [0.05, 0.1) is 6.10 Å². The predicted octanol–water partition coefficient (Wildman–Crippen LogP) is 6.01. The van der Waals surface area contributed by atoms with Crippen LogP contribution in [0.15, 0.2) is 0 Å². The molecule has 0 spiro atoms. The second kappa shape index (κ2) is 7.47. The number of rotatable bonds is 5.